The van der Waals surface area contributed by atoms with Gasteiger partial charge in [-0.05, 0) is 48.8 Å². The number of phenols is 1. The fourth-order valence-corrected chi connectivity index (χ4v) is 3.98. The second kappa shape index (κ2) is 11.0. The standard InChI is InChI=1S/C25H31FN4O2/c1-4-30(5-2)11-10-28-15-21-22(16-31)25(32)24-20(23(21)27-3)13-18(14-29-24)12-17-6-8-19(26)9-7-17/h6-9,13-14,16,27-28,32H,4-5,10-12,15H2,1-3H3. The molecule has 0 saturated carbocycles. The number of aldehydes is 1. The van der Waals surface area contributed by atoms with Gasteiger partial charge in [0.25, 0.3) is 0 Å². The Hall–Kier alpha value is -3.03. The van der Waals surface area contributed by atoms with Gasteiger partial charge >= 0.3 is 0 Å². The molecule has 3 aromatic rings. The number of fused-ring (bicyclic) bond motifs is 1. The first kappa shape index (κ1) is 23.6. The number of nitrogens with one attached hydrogen (secondary N) is 2. The molecule has 0 saturated heterocycles. The highest BCUT2D eigenvalue weighted by Gasteiger charge is 2.19. The van der Waals surface area contributed by atoms with E-state index in [0.717, 1.165) is 48.4 Å². The number of anilines is 1. The molecule has 0 amide bonds. The topological polar surface area (TPSA) is 77.5 Å². The monoisotopic (exact) mass is 438 g/mol. The summed E-state index contributed by atoms with van der Waals surface area (Å²) in [7, 11) is 1.80. The third-order valence-electron chi connectivity index (χ3n) is 5.81. The van der Waals surface area contributed by atoms with E-state index in [2.05, 4.69) is 34.4 Å². The average Bonchev–Trinajstić information content (AvgIpc) is 2.81. The molecule has 3 N–H and O–H groups in total. The number of pyridine rings is 1. The van der Waals surface area contributed by atoms with Crippen molar-refractivity contribution in [2.75, 3.05) is 38.5 Å². The first-order valence-corrected chi connectivity index (χ1v) is 11.0. The third-order valence-corrected chi connectivity index (χ3v) is 5.81. The molecule has 0 aliphatic rings. The summed E-state index contributed by atoms with van der Waals surface area (Å²) in [6.45, 7) is 8.34. The van der Waals surface area contributed by atoms with Crippen LogP contribution in [-0.2, 0) is 13.0 Å². The van der Waals surface area contributed by atoms with Gasteiger partial charge in [0, 0.05) is 49.5 Å². The van der Waals surface area contributed by atoms with Crippen molar-refractivity contribution >= 4 is 22.9 Å². The zero-order valence-electron chi connectivity index (χ0n) is 18.9. The summed E-state index contributed by atoms with van der Waals surface area (Å²) < 4.78 is 13.2. The predicted molar refractivity (Wildman–Crippen MR) is 127 cm³/mol. The Morgan fingerprint density at radius 2 is 1.88 bits per heavy atom. The first-order chi connectivity index (χ1) is 15.5. The zero-order chi connectivity index (χ0) is 23.1. The van der Waals surface area contributed by atoms with Crippen molar-refractivity contribution in [3.63, 3.8) is 0 Å². The Balaban J connectivity index is 1.94. The van der Waals surface area contributed by atoms with E-state index in [1.807, 2.05) is 6.07 Å². The summed E-state index contributed by atoms with van der Waals surface area (Å²) in [6.07, 6.45) is 2.95. The van der Waals surface area contributed by atoms with Crippen LogP contribution in [0.25, 0.3) is 10.9 Å². The quantitative estimate of drug-likeness (QED) is 0.239. The second-order valence-corrected chi connectivity index (χ2v) is 7.73. The number of carbonyl (C=O) groups is 1. The highest BCUT2D eigenvalue weighted by atomic mass is 19.1. The molecule has 3 rings (SSSR count). The molecule has 6 nitrogen and oxygen atoms in total. The highest BCUT2D eigenvalue weighted by Crippen LogP contribution is 2.37. The Morgan fingerprint density at radius 1 is 1.16 bits per heavy atom. The summed E-state index contributed by atoms with van der Waals surface area (Å²) in [5.74, 6) is -0.379. The molecule has 32 heavy (non-hydrogen) atoms. The summed E-state index contributed by atoms with van der Waals surface area (Å²) in [5, 5.41) is 18.1. The van der Waals surface area contributed by atoms with Crippen LogP contribution in [0.3, 0.4) is 0 Å². The molecule has 7 heteroatoms. The number of benzene rings is 2. The van der Waals surface area contributed by atoms with E-state index in [0.29, 0.717) is 30.3 Å². The van der Waals surface area contributed by atoms with E-state index in [9.17, 15) is 14.3 Å². The smallest absolute Gasteiger partial charge is 0.154 e. The average molecular weight is 439 g/mol. The van der Waals surface area contributed by atoms with E-state index in [-0.39, 0.29) is 17.1 Å². The van der Waals surface area contributed by atoms with Gasteiger partial charge in [0.05, 0.1) is 5.56 Å². The minimum Gasteiger partial charge on any atom is -0.505 e. The number of hydrogen-bond acceptors (Lipinski definition) is 6. The summed E-state index contributed by atoms with van der Waals surface area (Å²) in [5.41, 5.74) is 4.00. The minimum absolute atomic E-state index is 0.108. The summed E-state index contributed by atoms with van der Waals surface area (Å²) in [4.78, 5) is 18.6. The van der Waals surface area contributed by atoms with Crippen LogP contribution in [0.15, 0.2) is 36.5 Å². The molecule has 1 aromatic heterocycles. The number of halogens is 1. The molecule has 0 bridgehead atoms. The number of likely N-dealkylation sites (N-methyl/N-ethyl adjacent to an activating group) is 1. The van der Waals surface area contributed by atoms with Gasteiger partial charge in [0.2, 0.25) is 0 Å². The van der Waals surface area contributed by atoms with Crippen molar-refractivity contribution in [1.29, 1.82) is 0 Å². The molecule has 170 valence electrons. The molecule has 0 unspecified atom stereocenters. The van der Waals surface area contributed by atoms with Crippen molar-refractivity contribution in [2.24, 2.45) is 0 Å². The molecular formula is C25H31FN4O2. The van der Waals surface area contributed by atoms with Crippen LogP contribution in [-0.4, -0.2) is 54.5 Å². The lowest BCUT2D eigenvalue weighted by Gasteiger charge is -2.20. The Labute approximate surface area is 188 Å². The van der Waals surface area contributed by atoms with Crippen LogP contribution in [0, 0.1) is 5.82 Å². The molecule has 0 spiro atoms. The van der Waals surface area contributed by atoms with E-state index >= 15 is 0 Å². The van der Waals surface area contributed by atoms with Gasteiger partial charge in [-0.1, -0.05) is 26.0 Å². The maximum absolute atomic E-state index is 13.2. The molecule has 2 aromatic carbocycles. The lowest BCUT2D eigenvalue weighted by atomic mass is 9.97. The Bertz CT molecular complexity index is 1070. The van der Waals surface area contributed by atoms with Crippen LogP contribution in [0.2, 0.25) is 0 Å². The SMILES string of the molecule is CCN(CC)CCNCc1c(C=O)c(O)c2ncc(Cc3ccc(F)cc3)cc2c1NC. The van der Waals surface area contributed by atoms with E-state index in [1.54, 1.807) is 25.4 Å². The number of rotatable bonds is 11. The first-order valence-electron chi connectivity index (χ1n) is 11.0. The molecule has 0 aliphatic heterocycles. The van der Waals surface area contributed by atoms with Crippen molar-refractivity contribution < 1.29 is 14.3 Å². The summed E-state index contributed by atoms with van der Waals surface area (Å²) >= 11 is 0. The van der Waals surface area contributed by atoms with Crippen LogP contribution in [0.5, 0.6) is 5.75 Å². The normalized spacial score (nSPS) is 11.3. The number of aromatic nitrogens is 1. The van der Waals surface area contributed by atoms with E-state index in [4.69, 9.17) is 0 Å². The van der Waals surface area contributed by atoms with Crippen LogP contribution < -0.4 is 10.6 Å². The predicted octanol–water partition coefficient (Wildman–Crippen LogP) is 3.96. The van der Waals surface area contributed by atoms with Crippen molar-refractivity contribution in [3.05, 3.63) is 64.6 Å². The van der Waals surface area contributed by atoms with Crippen LogP contribution in [0.4, 0.5) is 10.1 Å². The second-order valence-electron chi connectivity index (χ2n) is 7.73. The van der Waals surface area contributed by atoms with Gasteiger partial charge in [-0.3, -0.25) is 9.78 Å². The number of phenolic OH excluding ortho intramolecular Hbond substituents is 1. The number of aromatic hydroxyl groups is 1. The maximum atomic E-state index is 13.2. The third kappa shape index (κ3) is 5.23. The van der Waals surface area contributed by atoms with Gasteiger partial charge in [-0.25, -0.2) is 4.39 Å². The van der Waals surface area contributed by atoms with Crippen molar-refractivity contribution in [3.8, 4) is 5.75 Å². The molecule has 0 fully saturated rings. The van der Waals surface area contributed by atoms with Crippen molar-refractivity contribution in [1.82, 2.24) is 15.2 Å². The number of hydrogen-bond donors (Lipinski definition) is 3. The lowest BCUT2D eigenvalue weighted by molar-refractivity contribution is 0.112. The van der Waals surface area contributed by atoms with E-state index < -0.39 is 0 Å². The molecule has 1 heterocycles. The van der Waals surface area contributed by atoms with Gasteiger partial charge < -0.3 is 20.6 Å². The van der Waals surface area contributed by atoms with Gasteiger partial charge in [-0.15, -0.1) is 0 Å². The minimum atomic E-state index is -0.271. The maximum Gasteiger partial charge on any atom is 0.154 e. The molecule has 0 aliphatic carbocycles. The van der Waals surface area contributed by atoms with Crippen molar-refractivity contribution in [2.45, 2.75) is 26.8 Å². The Kier molecular flexibility index (Phi) is 8.14. The van der Waals surface area contributed by atoms with E-state index in [1.165, 1.54) is 12.1 Å². The number of carbonyl (C=O) groups excluding carboxylic acids is 1. The molecule has 0 radical (unpaired) electrons. The van der Waals surface area contributed by atoms with Crippen LogP contribution >= 0.6 is 0 Å². The fraction of sp³-hybridized carbons (Fsp3) is 0.360. The zero-order valence-corrected chi connectivity index (χ0v) is 18.9. The molecular weight excluding hydrogens is 407 g/mol. The van der Waals surface area contributed by atoms with Crippen LogP contribution in [0.1, 0.15) is 40.9 Å². The number of nitrogens with zero attached hydrogens (tertiary/aromatic N) is 2. The largest absolute Gasteiger partial charge is 0.505 e. The van der Waals surface area contributed by atoms with Gasteiger partial charge in [0.15, 0.2) is 12.0 Å². The lowest BCUT2D eigenvalue weighted by Crippen LogP contribution is -2.32. The summed E-state index contributed by atoms with van der Waals surface area (Å²) in [6, 6.07) is 8.33. The Morgan fingerprint density at radius 3 is 2.50 bits per heavy atom. The van der Waals surface area contributed by atoms with Gasteiger partial charge in [-0.2, -0.15) is 0 Å². The highest BCUT2D eigenvalue weighted by molar-refractivity contribution is 6.04. The molecule has 0 atom stereocenters. The fourth-order valence-electron chi connectivity index (χ4n) is 3.98. The van der Waals surface area contributed by atoms with Gasteiger partial charge in [0.1, 0.15) is 11.3 Å².